The molecule has 1 rings (SSSR count). The summed E-state index contributed by atoms with van der Waals surface area (Å²) in [5.41, 5.74) is 0. The zero-order valence-corrected chi connectivity index (χ0v) is 6.02. The van der Waals surface area contributed by atoms with E-state index in [2.05, 4.69) is 4.67 Å². The Balaban J connectivity index is 2.15. The molecular formula is C4H10NO2P. The highest BCUT2D eigenvalue weighted by molar-refractivity contribution is 7.44. The van der Waals surface area contributed by atoms with Crippen molar-refractivity contribution in [2.75, 3.05) is 27.3 Å². The summed E-state index contributed by atoms with van der Waals surface area (Å²) in [6, 6.07) is 0. The van der Waals surface area contributed by atoms with Crippen LogP contribution in [0.1, 0.15) is 0 Å². The van der Waals surface area contributed by atoms with Crippen molar-refractivity contribution in [1.82, 2.24) is 4.67 Å². The highest BCUT2D eigenvalue weighted by Crippen LogP contribution is 2.45. The highest BCUT2D eigenvalue weighted by atomic mass is 31.2. The number of nitrogens with zero attached hydrogens (tertiary/aromatic N) is 1. The predicted octanol–water partition coefficient (Wildman–Crippen LogP) is 0.822. The molecule has 4 heteroatoms. The second kappa shape index (κ2) is 2.74. The number of hydrogen-bond acceptors (Lipinski definition) is 3. The molecule has 0 aliphatic carbocycles. The molecule has 1 saturated heterocycles. The van der Waals surface area contributed by atoms with Crippen molar-refractivity contribution in [2.45, 2.75) is 0 Å². The first-order chi connectivity index (χ1) is 3.88. The summed E-state index contributed by atoms with van der Waals surface area (Å²) >= 11 is 0. The molecule has 1 aliphatic rings. The van der Waals surface area contributed by atoms with E-state index in [1.165, 1.54) is 0 Å². The van der Waals surface area contributed by atoms with Crippen LogP contribution in [-0.2, 0) is 9.05 Å². The third kappa shape index (κ3) is 1.39. The van der Waals surface area contributed by atoms with Gasteiger partial charge in [-0.05, 0) is 0 Å². The molecule has 0 aromatic rings. The number of rotatable bonds is 3. The largest absolute Gasteiger partial charge is 0.325 e. The molecule has 3 nitrogen and oxygen atoms in total. The third-order valence-electron chi connectivity index (χ3n) is 0.967. The van der Waals surface area contributed by atoms with Gasteiger partial charge in [-0.25, -0.2) is 4.67 Å². The lowest BCUT2D eigenvalue weighted by molar-refractivity contribution is 0.315. The monoisotopic (exact) mass is 135 g/mol. The zero-order valence-electron chi connectivity index (χ0n) is 5.13. The smallest absolute Gasteiger partial charge is 0.258 e. The average Bonchev–Trinajstić information content (AvgIpc) is 2.53. The van der Waals surface area contributed by atoms with Gasteiger partial charge in [0.25, 0.3) is 8.53 Å². The lowest BCUT2D eigenvalue weighted by atomic mass is 11.0. The first kappa shape index (κ1) is 6.43. The van der Waals surface area contributed by atoms with Crippen LogP contribution in [0.2, 0.25) is 0 Å². The summed E-state index contributed by atoms with van der Waals surface area (Å²) in [5, 5.41) is 0. The molecule has 0 spiro atoms. The van der Waals surface area contributed by atoms with Crippen LogP contribution in [0.15, 0.2) is 0 Å². The highest BCUT2D eigenvalue weighted by Gasteiger charge is 2.28. The lowest BCUT2D eigenvalue weighted by Gasteiger charge is -2.10. The van der Waals surface area contributed by atoms with Gasteiger partial charge in [-0.3, -0.25) is 0 Å². The van der Waals surface area contributed by atoms with Gasteiger partial charge in [-0.1, -0.05) is 0 Å². The van der Waals surface area contributed by atoms with Crippen molar-refractivity contribution in [1.29, 1.82) is 0 Å². The Labute approximate surface area is 50.5 Å². The molecule has 0 saturated carbocycles. The molecule has 0 atom stereocenters. The van der Waals surface area contributed by atoms with Crippen molar-refractivity contribution >= 4 is 8.53 Å². The van der Waals surface area contributed by atoms with Crippen molar-refractivity contribution < 1.29 is 9.05 Å². The van der Waals surface area contributed by atoms with Crippen LogP contribution in [0.4, 0.5) is 0 Å². The minimum atomic E-state index is -0.671. The molecule has 0 amide bonds. The summed E-state index contributed by atoms with van der Waals surface area (Å²) in [7, 11) is 2.68. The standard InChI is InChI=1S/C4H10NO2P/c1-6-8(7-2)5-3-4-5/h3-4H2,1-2H3. The maximum Gasteiger partial charge on any atom is 0.258 e. The van der Waals surface area contributed by atoms with E-state index in [1.807, 2.05) is 0 Å². The number of hydrogen-bond donors (Lipinski definition) is 0. The minimum absolute atomic E-state index is 0.671. The van der Waals surface area contributed by atoms with Crippen LogP contribution >= 0.6 is 8.53 Å². The van der Waals surface area contributed by atoms with E-state index < -0.39 is 8.53 Å². The van der Waals surface area contributed by atoms with Crippen molar-refractivity contribution in [3.8, 4) is 0 Å². The molecular weight excluding hydrogens is 125 g/mol. The molecule has 0 N–H and O–H groups in total. The fraction of sp³-hybridized carbons (Fsp3) is 1.00. The van der Waals surface area contributed by atoms with Crippen LogP contribution in [0, 0.1) is 0 Å². The van der Waals surface area contributed by atoms with Gasteiger partial charge in [0.15, 0.2) is 0 Å². The van der Waals surface area contributed by atoms with Gasteiger partial charge in [-0.15, -0.1) is 0 Å². The third-order valence-corrected chi connectivity index (χ3v) is 2.45. The zero-order chi connectivity index (χ0) is 5.98. The van der Waals surface area contributed by atoms with E-state index in [0.29, 0.717) is 0 Å². The Morgan fingerprint density at radius 2 is 1.75 bits per heavy atom. The van der Waals surface area contributed by atoms with Crippen molar-refractivity contribution in [2.24, 2.45) is 0 Å². The normalized spacial score (nSPS) is 19.9. The van der Waals surface area contributed by atoms with Crippen molar-refractivity contribution in [3.63, 3.8) is 0 Å². The quantitative estimate of drug-likeness (QED) is 0.422. The molecule has 0 bridgehead atoms. The minimum Gasteiger partial charge on any atom is -0.325 e. The van der Waals surface area contributed by atoms with Crippen LogP contribution in [0.5, 0.6) is 0 Å². The Bertz CT molecular complexity index is 72.4. The van der Waals surface area contributed by atoms with Crippen LogP contribution in [0.3, 0.4) is 0 Å². The predicted molar refractivity (Wildman–Crippen MR) is 32.5 cm³/mol. The molecule has 0 unspecified atom stereocenters. The first-order valence-electron chi connectivity index (χ1n) is 2.51. The van der Waals surface area contributed by atoms with E-state index >= 15 is 0 Å². The van der Waals surface area contributed by atoms with Gasteiger partial charge in [0, 0.05) is 27.3 Å². The van der Waals surface area contributed by atoms with Gasteiger partial charge in [0.1, 0.15) is 0 Å². The molecule has 0 radical (unpaired) electrons. The van der Waals surface area contributed by atoms with E-state index in [0.717, 1.165) is 13.1 Å². The second-order valence-electron chi connectivity index (χ2n) is 1.56. The molecule has 48 valence electrons. The van der Waals surface area contributed by atoms with Gasteiger partial charge in [-0.2, -0.15) is 0 Å². The summed E-state index contributed by atoms with van der Waals surface area (Å²) in [5.74, 6) is 0. The fourth-order valence-corrected chi connectivity index (χ4v) is 1.54. The van der Waals surface area contributed by atoms with E-state index in [4.69, 9.17) is 9.05 Å². The molecule has 1 heterocycles. The van der Waals surface area contributed by atoms with Gasteiger partial charge < -0.3 is 9.05 Å². The average molecular weight is 135 g/mol. The molecule has 0 aromatic heterocycles. The van der Waals surface area contributed by atoms with E-state index in [9.17, 15) is 0 Å². The summed E-state index contributed by atoms with van der Waals surface area (Å²) in [4.78, 5) is 0. The topological polar surface area (TPSA) is 21.5 Å². The van der Waals surface area contributed by atoms with E-state index in [1.54, 1.807) is 14.2 Å². The van der Waals surface area contributed by atoms with Crippen LogP contribution < -0.4 is 0 Å². The first-order valence-corrected chi connectivity index (χ1v) is 3.64. The van der Waals surface area contributed by atoms with Crippen LogP contribution in [-0.4, -0.2) is 32.0 Å². The summed E-state index contributed by atoms with van der Waals surface area (Å²) in [6.07, 6.45) is 0. The Kier molecular flexibility index (Phi) is 2.20. The molecule has 8 heavy (non-hydrogen) atoms. The fourth-order valence-electron chi connectivity index (χ4n) is 0.513. The molecule has 1 aliphatic heterocycles. The summed E-state index contributed by atoms with van der Waals surface area (Å²) < 4.78 is 12.1. The van der Waals surface area contributed by atoms with Gasteiger partial charge >= 0.3 is 0 Å². The van der Waals surface area contributed by atoms with Crippen LogP contribution in [0.25, 0.3) is 0 Å². The lowest BCUT2D eigenvalue weighted by Crippen LogP contribution is -1.91. The summed E-state index contributed by atoms with van der Waals surface area (Å²) in [6.45, 7) is 2.26. The maximum absolute atomic E-state index is 4.99. The molecule has 1 fully saturated rings. The van der Waals surface area contributed by atoms with Crippen molar-refractivity contribution in [3.05, 3.63) is 0 Å². The van der Waals surface area contributed by atoms with Gasteiger partial charge in [0.05, 0.1) is 0 Å². The second-order valence-corrected chi connectivity index (χ2v) is 3.33. The van der Waals surface area contributed by atoms with E-state index in [-0.39, 0.29) is 0 Å². The Morgan fingerprint density at radius 3 is 1.88 bits per heavy atom. The molecule has 0 aromatic carbocycles. The Morgan fingerprint density at radius 1 is 1.25 bits per heavy atom. The maximum atomic E-state index is 4.99. The van der Waals surface area contributed by atoms with Gasteiger partial charge in [0.2, 0.25) is 0 Å². The SMILES string of the molecule is COP(OC)N1CC1. The Hall–Kier alpha value is 0.310.